The molecule has 4 saturated carbocycles. The van der Waals surface area contributed by atoms with E-state index in [0.717, 1.165) is 83.5 Å². The first kappa shape index (κ1) is 41.1. The van der Waals surface area contributed by atoms with E-state index in [4.69, 9.17) is 0 Å². The molecule has 0 N–H and O–H groups in total. The van der Waals surface area contributed by atoms with Crippen LogP contribution in [0.3, 0.4) is 0 Å². The molecule has 0 aromatic rings. The SMILES string of the molecule is CCC1CCCC(CC)C1=O.CCC1CCCC(CC2CCCC(CC)C2=O)C1=O.[CH2-]C1CCCC(C)C1=O.[W].[W]. The van der Waals surface area contributed by atoms with Crippen molar-refractivity contribution in [3.8, 4) is 0 Å². The van der Waals surface area contributed by atoms with E-state index in [-0.39, 0.29) is 77.6 Å². The summed E-state index contributed by atoms with van der Waals surface area (Å²) in [6.45, 7) is 14.3. The van der Waals surface area contributed by atoms with E-state index in [1.165, 1.54) is 25.7 Å². The third-order valence-corrected chi connectivity index (χ3v) is 10.3. The van der Waals surface area contributed by atoms with E-state index in [1.54, 1.807) is 0 Å². The minimum Gasteiger partial charge on any atom is -0.333 e. The van der Waals surface area contributed by atoms with Crippen molar-refractivity contribution in [2.24, 2.45) is 47.3 Å². The average molecular weight is 912 g/mol. The van der Waals surface area contributed by atoms with E-state index < -0.39 is 0 Å². The van der Waals surface area contributed by atoms with E-state index in [2.05, 4.69) is 34.6 Å². The Kier molecular flexibility index (Phi) is 21.7. The van der Waals surface area contributed by atoms with Gasteiger partial charge in [0.1, 0.15) is 23.1 Å². The molecule has 4 rings (SSSR count). The van der Waals surface area contributed by atoms with Crippen LogP contribution in [0, 0.1) is 54.3 Å². The molecule has 8 unspecified atom stereocenters. The Morgan fingerprint density at radius 2 is 0.780 bits per heavy atom. The molecule has 0 radical (unpaired) electrons. The van der Waals surface area contributed by atoms with Crippen LogP contribution in [0.2, 0.25) is 0 Å². The van der Waals surface area contributed by atoms with Gasteiger partial charge in [-0.3, -0.25) is 14.4 Å². The maximum absolute atomic E-state index is 12.4. The Labute approximate surface area is 281 Å². The molecule has 41 heavy (non-hydrogen) atoms. The van der Waals surface area contributed by atoms with E-state index in [9.17, 15) is 19.2 Å². The number of carbonyl (C=O) groups excluding carboxylic acids is 4. The normalized spacial score (nSPS) is 33.7. The van der Waals surface area contributed by atoms with Crippen LogP contribution >= 0.6 is 0 Å². The van der Waals surface area contributed by atoms with Crippen LogP contribution in [0.4, 0.5) is 0 Å². The van der Waals surface area contributed by atoms with Crippen LogP contribution in [-0.2, 0) is 61.3 Å². The third-order valence-electron chi connectivity index (χ3n) is 10.3. The number of hydrogen-bond acceptors (Lipinski definition) is 4. The second-order valence-corrected chi connectivity index (χ2v) is 13.0. The molecule has 6 heteroatoms. The summed E-state index contributed by atoms with van der Waals surface area (Å²) < 4.78 is 0. The topological polar surface area (TPSA) is 68.3 Å². The van der Waals surface area contributed by atoms with Crippen LogP contribution in [0.5, 0.6) is 0 Å². The first-order valence-corrected chi connectivity index (χ1v) is 16.7. The molecule has 0 bridgehead atoms. The van der Waals surface area contributed by atoms with Gasteiger partial charge in [0.25, 0.3) is 0 Å². The monoisotopic (exact) mass is 911 g/mol. The minimum absolute atomic E-state index is 0. The van der Waals surface area contributed by atoms with Crippen LogP contribution in [0.15, 0.2) is 0 Å². The Bertz CT molecular complexity index is 739. The molecule has 8 atom stereocenters. The first-order chi connectivity index (χ1) is 18.7. The average Bonchev–Trinajstić information content (AvgIpc) is 2.94. The second kappa shape index (κ2) is 21.7. The summed E-state index contributed by atoms with van der Waals surface area (Å²) in [6.07, 6.45) is 18.3. The van der Waals surface area contributed by atoms with Crippen LogP contribution in [-0.4, -0.2) is 23.1 Å². The molecule has 0 spiro atoms. The van der Waals surface area contributed by atoms with Crippen molar-refractivity contribution in [1.82, 2.24) is 0 Å². The van der Waals surface area contributed by atoms with Gasteiger partial charge in [-0.2, -0.15) is 0 Å². The molecular weight excluding hydrogens is 852 g/mol. The first-order valence-electron chi connectivity index (χ1n) is 16.7. The maximum Gasteiger partial charge on any atom is 0.139 e. The third kappa shape index (κ3) is 12.5. The van der Waals surface area contributed by atoms with Gasteiger partial charge in [0.05, 0.1) is 0 Å². The molecule has 0 amide bonds. The van der Waals surface area contributed by atoms with Crippen molar-refractivity contribution in [1.29, 1.82) is 0 Å². The van der Waals surface area contributed by atoms with Gasteiger partial charge in [-0.25, -0.2) is 0 Å². The van der Waals surface area contributed by atoms with Crippen molar-refractivity contribution >= 4 is 23.1 Å². The summed E-state index contributed by atoms with van der Waals surface area (Å²) in [6, 6.07) is 0. The van der Waals surface area contributed by atoms with Gasteiger partial charge in [0.2, 0.25) is 0 Å². The predicted molar refractivity (Wildman–Crippen MR) is 160 cm³/mol. The second-order valence-electron chi connectivity index (χ2n) is 13.0. The molecule has 0 aromatic carbocycles. The predicted octanol–water partition coefficient (Wildman–Crippen LogP) is 8.78. The fraction of sp³-hybridized carbons (Fsp3) is 0.857. The summed E-state index contributed by atoms with van der Waals surface area (Å²) in [7, 11) is 0. The van der Waals surface area contributed by atoms with Gasteiger partial charge in [0, 0.05) is 83.6 Å². The van der Waals surface area contributed by atoms with Gasteiger partial charge in [0.15, 0.2) is 0 Å². The van der Waals surface area contributed by atoms with E-state index in [1.807, 2.05) is 6.92 Å². The van der Waals surface area contributed by atoms with Gasteiger partial charge >= 0.3 is 0 Å². The number of rotatable bonds is 6. The zero-order chi connectivity index (χ0) is 28.9. The molecule has 0 heterocycles. The van der Waals surface area contributed by atoms with Crippen molar-refractivity contribution in [2.45, 2.75) is 144 Å². The van der Waals surface area contributed by atoms with Crippen molar-refractivity contribution in [3.05, 3.63) is 6.92 Å². The van der Waals surface area contributed by atoms with Crippen molar-refractivity contribution in [3.63, 3.8) is 0 Å². The van der Waals surface area contributed by atoms with Crippen molar-refractivity contribution in [2.75, 3.05) is 0 Å². The summed E-state index contributed by atoms with van der Waals surface area (Å²) >= 11 is 0. The summed E-state index contributed by atoms with van der Waals surface area (Å²) in [4.78, 5) is 47.4. The smallest absolute Gasteiger partial charge is 0.139 e. The standard InChI is InChI=1S/C17H28O2.C10H18O.C8H13O.2W/c1-3-12-7-5-9-14(16(12)18)11-15-10-6-8-13(4-2)17(15)19;1-3-8-6-5-7-9(4-2)10(8)11;1-6-4-3-5-7(2)8(6)9;;/h12-15H,3-11H2,1-2H3;8-9H,3-7H2,1-2H3;6-7H,1,3-5H2,2H3;;/q;;-1;;. The minimum atomic E-state index is 0. The fourth-order valence-electron chi connectivity index (χ4n) is 7.48. The Balaban J connectivity index is 0.000000623. The van der Waals surface area contributed by atoms with E-state index >= 15 is 0 Å². The Morgan fingerprint density at radius 3 is 1.07 bits per heavy atom. The molecule has 4 fully saturated rings. The van der Waals surface area contributed by atoms with Gasteiger partial charge < -0.3 is 11.7 Å². The quantitative estimate of drug-likeness (QED) is 0.250. The molecule has 0 aromatic heterocycles. The van der Waals surface area contributed by atoms with Gasteiger partial charge in [-0.05, 0) is 77.0 Å². The molecule has 236 valence electrons. The number of carbonyl (C=O) groups is 4. The molecule has 4 aliphatic carbocycles. The fourth-order valence-corrected chi connectivity index (χ4v) is 7.48. The molecule has 0 saturated heterocycles. The Hall–Kier alpha value is 0.0566. The van der Waals surface area contributed by atoms with Crippen LogP contribution in [0.1, 0.15) is 144 Å². The summed E-state index contributed by atoms with van der Waals surface area (Å²) in [5.41, 5.74) is 0. The number of Topliss-reactive ketones (excluding diaryl/α,β-unsaturated/α-hetero) is 4. The maximum atomic E-state index is 12.4. The molecular formula is C35H59O4W2-. The largest absolute Gasteiger partial charge is 0.333 e. The zero-order valence-corrected chi connectivity index (χ0v) is 32.7. The molecule has 0 aliphatic heterocycles. The molecule has 4 aliphatic rings. The summed E-state index contributed by atoms with van der Waals surface area (Å²) in [5.74, 6) is 3.91. The number of hydrogen-bond donors (Lipinski definition) is 0. The number of ketones is 4. The molecule has 4 nitrogen and oxygen atoms in total. The zero-order valence-electron chi connectivity index (χ0n) is 26.8. The van der Waals surface area contributed by atoms with Crippen LogP contribution in [0.25, 0.3) is 0 Å². The van der Waals surface area contributed by atoms with Gasteiger partial charge in [-0.1, -0.05) is 66.7 Å². The van der Waals surface area contributed by atoms with Crippen molar-refractivity contribution < 1.29 is 61.3 Å². The van der Waals surface area contributed by atoms with Gasteiger partial charge in [-0.15, -0.1) is 5.92 Å². The summed E-state index contributed by atoms with van der Waals surface area (Å²) in [5, 5.41) is 0. The Morgan fingerprint density at radius 1 is 0.488 bits per heavy atom. The van der Waals surface area contributed by atoms with Crippen LogP contribution < -0.4 is 0 Å². The van der Waals surface area contributed by atoms with E-state index in [0.29, 0.717) is 35.0 Å².